The summed E-state index contributed by atoms with van der Waals surface area (Å²) in [6.45, 7) is 0.941. The van der Waals surface area contributed by atoms with Gasteiger partial charge in [0.05, 0.1) is 5.56 Å². The van der Waals surface area contributed by atoms with Gasteiger partial charge in [-0.1, -0.05) is 15.9 Å². The fourth-order valence-corrected chi connectivity index (χ4v) is 2.64. The van der Waals surface area contributed by atoms with E-state index in [-0.39, 0.29) is 4.83 Å². The molecule has 0 aliphatic carbocycles. The molecule has 1 heterocycles. The predicted octanol–water partition coefficient (Wildman–Crippen LogP) is 3.10. The Morgan fingerprint density at radius 2 is 2.00 bits per heavy atom. The molecule has 0 bridgehead atoms. The van der Waals surface area contributed by atoms with Gasteiger partial charge >= 0.3 is 0 Å². The molecule has 2 rings (SSSR count). The normalized spacial score (nSPS) is 20.0. The zero-order valence-electron chi connectivity index (χ0n) is 9.43. The van der Waals surface area contributed by atoms with Crippen LogP contribution >= 0.6 is 15.9 Å². The first-order valence-electron chi connectivity index (χ1n) is 5.57. The lowest BCUT2D eigenvalue weighted by molar-refractivity contribution is 0.0724. The van der Waals surface area contributed by atoms with E-state index in [1.807, 2.05) is 0 Å². The van der Waals surface area contributed by atoms with Gasteiger partial charge in [-0.05, 0) is 25.0 Å². The third kappa shape index (κ3) is 2.53. The summed E-state index contributed by atoms with van der Waals surface area (Å²) in [5, 5.41) is 0. The highest BCUT2D eigenvalue weighted by atomic mass is 79.9. The lowest BCUT2D eigenvalue weighted by atomic mass is 10.1. The van der Waals surface area contributed by atoms with Gasteiger partial charge in [-0.15, -0.1) is 0 Å². The minimum absolute atomic E-state index is 0.156. The quantitative estimate of drug-likeness (QED) is 0.575. The molecule has 18 heavy (non-hydrogen) atoms. The van der Waals surface area contributed by atoms with Crippen LogP contribution in [0.4, 0.5) is 13.2 Å². The summed E-state index contributed by atoms with van der Waals surface area (Å²) in [6.07, 6.45) is 1.73. The van der Waals surface area contributed by atoms with Gasteiger partial charge in [0, 0.05) is 17.9 Å². The minimum Gasteiger partial charge on any atom is -0.337 e. The van der Waals surface area contributed by atoms with E-state index < -0.39 is 28.9 Å². The molecule has 0 spiro atoms. The van der Waals surface area contributed by atoms with E-state index in [1.165, 1.54) is 4.90 Å². The Kier molecular flexibility index (Phi) is 3.94. The average molecular weight is 322 g/mol. The third-order valence-electron chi connectivity index (χ3n) is 2.92. The van der Waals surface area contributed by atoms with Crippen LogP contribution < -0.4 is 0 Å². The summed E-state index contributed by atoms with van der Waals surface area (Å²) >= 11 is 3.39. The number of hydrogen-bond acceptors (Lipinski definition) is 1. The van der Waals surface area contributed by atoms with Crippen LogP contribution in [0.25, 0.3) is 0 Å². The first kappa shape index (κ1) is 13.4. The number of likely N-dealkylation sites (tertiary alicyclic amines) is 1. The summed E-state index contributed by atoms with van der Waals surface area (Å²) in [5.74, 6) is -4.92. The number of carbonyl (C=O) groups is 1. The molecule has 1 atom stereocenters. The van der Waals surface area contributed by atoms with E-state index in [9.17, 15) is 18.0 Å². The molecule has 0 aromatic heterocycles. The van der Waals surface area contributed by atoms with Gasteiger partial charge in [-0.25, -0.2) is 13.2 Å². The Labute approximate surface area is 111 Å². The van der Waals surface area contributed by atoms with Gasteiger partial charge in [-0.3, -0.25) is 4.79 Å². The van der Waals surface area contributed by atoms with E-state index in [4.69, 9.17) is 0 Å². The van der Waals surface area contributed by atoms with Crippen LogP contribution in [0.5, 0.6) is 0 Å². The molecule has 1 aromatic rings. The van der Waals surface area contributed by atoms with Crippen molar-refractivity contribution >= 4 is 21.8 Å². The monoisotopic (exact) mass is 321 g/mol. The van der Waals surface area contributed by atoms with E-state index in [2.05, 4.69) is 15.9 Å². The molecule has 98 valence electrons. The Morgan fingerprint density at radius 1 is 1.28 bits per heavy atom. The van der Waals surface area contributed by atoms with Crippen molar-refractivity contribution in [3.8, 4) is 0 Å². The van der Waals surface area contributed by atoms with Gasteiger partial charge in [0.15, 0.2) is 17.5 Å². The average Bonchev–Trinajstić information content (AvgIpc) is 2.35. The highest BCUT2D eigenvalue weighted by Gasteiger charge is 2.26. The lowest BCUT2D eigenvalue weighted by Gasteiger charge is -2.30. The number of hydrogen-bond donors (Lipinski definition) is 0. The Balaban J connectivity index is 2.26. The second-order valence-corrected chi connectivity index (χ2v) is 5.51. The second kappa shape index (κ2) is 5.30. The zero-order chi connectivity index (χ0) is 13.3. The van der Waals surface area contributed by atoms with Crippen molar-refractivity contribution < 1.29 is 18.0 Å². The maximum absolute atomic E-state index is 13.5. The molecule has 1 aliphatic heterocycles. The third-order valence-corrected chi connectivity index (χ3v) is 3.66. The maximum Gasteiger partial charge on any atom is 0.256 e. The van der Waals surface area contributed by atoms with Crippen molar-refractivity contribution in [2.75, 3.05) is 13.1 Å². The van der Waals surface area contributed by atoms with Crippen LogP contribution in [0.1, 0.15) is 23.2 Å². The molecule has 1 unspecified atom stereocenters. The zero-order valence-corrected chi connectivity index (χ0v) is 11.0. The van der Waals surface area contributed by atoms with Crippen LogP contribution in [-0.4, -0.2) is 28.7 Å². The molecular formula is C12H11BrF3NO. The predicted molar refractivity (Wildman–Crippen MR) is 64.2 cm³/mol. The number of alkyl halides is 1. The molecular weight excluding hydrogens is 311 g/mol. The van der Waals surface area contributed by atoms with Gasteiger partial charge in [0.1, 0.15) is 0 Å². The second-order valence-electron chi connectivity index (χ2n) is 4.21. The van der Waals surface area contributed by atoms with Crippen LogP contribution in [0.15, 0.2) is 12.1 Å². The van der Waals surface area contributed by atoms with Crippen LogP contribution in [0, 0.1) is 17.5 Å². The van der Waals surface area contributed by atoms with E-state index >= 15 is 0 Å². The van der Waals surface area contributed by atoms with Gasteiger partial charge < -0.3 is 4.90 Å². The number of benzene rings is 1. The summed E-state index contributed by atoms with van der Waals surface area (Å²) in [5.41, 5.74) is -0.421. The van der Waals surface area contributed by atoms with Crippen molar-refractivity contribution in [1.29, 1.82) is 0 Å². The van der Waals surface area contributed by atoms with E-state index in [1.54, 1.807) is 0 Å². The van der Waals surface area contributed by atoms with Gasteiger partial charge in [0.25, 0.3) is 5.91 Å². The standard InChI is InChI=1S/C12H11BrF3NO/c13-7-2-1-5-17(6-7)12(18)8-3-4-9(14)11(16)10(8)15/h3-4,7H,1-2,5-6H2. The Morgan fingerprint density at radius 3 is 2.67 bits per heavy atom. The molecule has 2 nitrogen and oxygen atoms in total. The number of amides is 1. The largest absolute Gasteiger partial charge is 0.337 e. The van der Waals surface area contributed by atoms with Crippen molar-refractivity contribution in [2.45, 2.75) is 17.7 Å². The topological polar surface area (TPSA) is 20.3 Å². The first-order chi connectivity index (χ1) is 8.50. The summed E-state index contributed by atoms with van der Waals surface area (Å²) < 4.78 is 39.3. The molecule has 1 amide bonds. The number of carbonyl (C=O) groups excluding carboxylic acids is 1. The molecule has 1 aromatic carbocycles. The van der Waals surface area contributed by atoms with Gasteiger partial charge in [0.2, 0.25) is 0 Å². The van der Waals surface area contributed by atoms with Crippen molar-refractivity contribution in [1.82, 2.24) is 4.90 Å². The van der Waals surface area contributed by atoms with E-state index in [0.29, 0.717) is 13.1 Å². The SMILES string of the molecule is O=C(c1ccc(F)c(F)c1F)N1CCCC(Br)C1. The van der Waals surface area contributed by atoms with Crippen LogP contribution in [0.2, 0.25) is 0 Å². The smallest absolute Gasteiger partial charge is 0.256 e. The molecule has 0 N–H and O–H groups in total. The summed E-state index contributed by atoms with van der Waals surface area (Å²) in [4.78, 5) is 13.6. The van der Waals surface area contributed by atoms with E-state index in [0.717, 1.165) is 25.0 Å². The fourth-order valence-electron chi connectivity index (χ4n) is 1.97. The summed E-state index contributed by atoms with van der Waals surface area (Å²) in [7, 11) is 0. The van der Waals surface area contributed by atoms with Gasteiger partial charge in [-0.2, -0.15) is 0 Å². The number of piperidine rings is 1. The van der Waals surface area contributed by atoms with Crippen LogP contribution in [0.3, 0.4) is 0 Å². The first-order valence-corrected chi connectivity index (χ1v) is 6.49. The molecule has 1 fully saturated rings. The molecule has 0 saturated carbocycles. The molecule has 1 aliphatic rings. The highest BCUT2D eigenvalue weighted by Crippen LogP contribution is 2.21. The van der Waals surface area contributed by atoms with Crippen LogP contribution in [-0.2, 0) is 0 Å². The van der Waals surface area contributed by atoms with Crippen molar-refractivity contribution in [3.63, 3.8) is 0 Å². The Hall–Kier alpha value is -1.04. The van der Waals surface area contributed by atoms with Crippen molar-refractivity contribution in [2.24, 2.45) is 0 Å². The summed E-state index contributed by atoms with van der Waals surface area (Å²) in [6, 6.07) is 1.75. The Bertz CT molecular complexity index is 481. The van der Waals surface area contributed by atoms with Crippen molar-refractivity contribution in [3.05, 3.63) is 35.1 Å². The molecule has 1 saturated heterocycles. The number of nitrogens with zero attached hydrogens (tertiary/aromatic N) is 1. The number of halogens is 4. The fraction of sp³-hybridized carbons (Fsp3) is 0.417. The highest BCUT2D eigenvalue weighted by molar-refractivity contribution is 9.09. The lowest BCUT2D eigenvalue weighted by Crippen LogP contribution is -2.40. The number of rotatable bonds is 1. The minimum atomic E-state index is -1.60. The maximum atomic E-state index is 13.5. The molecule has 0 radical (unpaired) electrons. The molecule has 6 heteroatoms.